The first kappa shape index (κ1) is 12.5. The molecule has 1 aliphatic heterocycles. The van der Waals surface area contributed by atoms with Crippen LogP contribution in [0.5, 0.6) is 5.75 Å². The Hall–Kier alpha value is -0.540. The molecule has 3 heteroatoms. The van der Waals surface area contributed by atoms with Crippen LogP contribution in [0.15, 0.2) is 22.7 Å². The molecule has 1 aliphatic carbocycles. The molecule has 1 aromatic rings. The van der Waals surface area contributed by atoms with Crippen molar-refractivity contribution in [2.24, 2.45) is 5.92 Å². The highest BCUT2D eigenvalue weighted by Gasteiger charge is 2.38. The lowest BCUT2D eigenvalue weighted by Gasteiger charge is -2.33. The van der Waals surface area contributed by atoms with Crippen LogP contribution in [0.25, 0.3) is 0 Å². The van der Waals surface area contributed by atoms with Crippen molar-refractivity contribution >= 4 is 15.9 Å². The van der Waals surface area contributed by atoms with Crippen molar-refractivity contribution in [1.29, 1.82) is 0 Å². The van der Waals surface area contributed by atoms with Gasteiger partial charge in [-0.15, -0.1) is 0 Å². The van der Waals surface area contributed by atoms with E-state index in [4.69, 9.17) is 4.74 Å². The molecule has 18 heavy (non-hydrogen) atoms. The highest BCUT2D eigenvalue weighted by atomic mass is 79.9. The van der Waals surface area contributed by atoms with E-state index in [2.05, 4.69) is 46.4 Å². The summed E-state index contributed by atoms with van der Waals surface area (Å²) in [7, 11) is 0. The summed E-state index contributed by atoms with van der Waals surface area (Å²) in [6.45, 7) is 3.29. The minimum absolute atomic E-state index is 0.424. The van der Waals surface area contributed by atoms with Crippen molar-refractivity contribution < 1.29 is 4.74 Å². The molecule has 0 spiro atoms. The molecule has 2 atom stereocenters. The van der Waals surface area contributed by atoms with E-state index in [1.54, 1.807) is 0 Å². The molecule has 3 rings (SSSR count). The van der Waals surface area contributed by atoms with E-state index in [0.717, 1.165) is 29.1 Å². The summed E-state index contributed by atoms with van der Waals surface area (Å²) in [5.74, 6) is 1.88. The van der Waals surface area contributed by atoms with E-state index in [0.29, 0.717) is 12.1 Å². The van der Waals surface area contributed by atoms with Gasteiger partial charge in [0.05, 0.1) is 0 Å². The van der Waals surface area contributed by atoms with Crippen LogP contribution in [-0.4, -0.2) is 12.6 Å². The van der Waals surface area contributed by atoms with E-state index < -0.39 is 0 Å². The summed E-state index contributed by atoms with van der Waals surface area (Å²) in [5.41, 5.74) is 1.31. The van der Waals surface area contributed by atoms with Gasteiger partial charge in [0.15, 0.2) is 0 Å². The highest BCUT2D eigenvalue weighted by molar-refractivity contribution is 9.10. The van der Waals surface area contributed by atoms with Gasteiger partial charge in [-0.1, -0.05) is 22.9 Å². The fourth-order valence-electron chi connectivity index (χ4n) is 2.74. The van der Waals surface area contributed by atoms with Gasteiger partial charge in [0.1, 0.15) is 11.9 Å². The van der Waals surface area contributed by atoms with Crippen molar-refractivity contribution in [3.63, 3.8) is 0 Å². The lowest BCUT2D eigenvalue weighted by Crippen LogP contribution is -2.34. The Morgan fingerprint density at radius 3 is 2.94 bits per heavy atom. The Morgan fingerprint density at radius 1 is 1.39 bits per heavy atom. The van der Waals surface area contributed by atoms with Gasteiger partial charge in [-0.05, 0) is 49.9 Å². The van der Waals surface area contributed by atoms with Gasteiger partial charge in [0.25, 0.3) is 0 Å². The van der Waals surface area contributed by atoms with Gasteiger partial charge in [0, 0.05) is 22.5 Å². The molecule has 1 saturated carbocycles. The summed E-state index contributed by atoms with van der Waals surface area (Å²) in [5, 5.41) is 3.67. The number of nitrogens with one attached hydrogen (secondary N) is 1. The van der Waals surface area contributed by atoms with Gasteiger partial charge in [-0.2, -0.15) is 0 Å². The predicted octanol–water partition coefficient (Wildman–Crippen LogP) is 4.05. The molecule has 1 N–H and O–H groups in total. The molecule has 98 valence electrons. The first-order chi connectivity index (χ1) is 8.78. The van der Waals surface area contributed by atoms with Crippen molar-refractivity contribution in [3.8, 4) is 5.75 Å². The Kier molecular flexibility index (Phi) is 3.62. The van der Waals surface area contributed by atoms with Crippen LogP contribution in [0.1, 0.15) is 44.2 Å². The van der Waals surface area contributed by atoms with Crippen LogP contribution in [0.2, 0.25) is 0 Å². The second-order valence-corrected chi connectivity index (χ2v) is 6.33. The molecular formula is C15H20BrNO. The zero-order valence-electron chi connectivity index (χ0n) is 10.8. The van der Waals surface area contributed by atoms with Crippen molar-refractivity contribution in [3.05, 3.63) is 28.2 Å². The molecule has 0 saturated heterocycles. The molecule has 0 bridgehead atoms. The molecule has 2 aliphatic rings. The summed E-state index contributed by atoms with van der Waals surface area (Å²) >= 11 is 3.56. The fraction of sp³-hybridized carbons (Fsp3) is 0.600. The number of hydrogen-bond donors (Lipinski definition) is 1. The number of hydrogen-bond acceptors (Lipinski definition) is 2. The van der Waals surface area contributed by atoms with Crippen molar-refractivity contribution in [1.82, 2.24) is 5.32 Å². The smallest absolute Gasteiger partial charge is 0.124 e. The maximum atomic E-state index is 6.16. The number of benzene rings is 1. The van der Waals surface area contributed by atoms with E-state index in [9.17, 15) is 0 Å². The van der Waals surface area contributed by atoms with E-state index in [-0.39, 0.29) is 0 Å². The molecule has 2 unspecified atom stereocenters. The van der Waals surface area contributed by atoms with E-state index in [1.165, 1.54) is 24.8 Å². The Balaban J connectivity index is 1.84. The summed E-state index contributed by atoms with van der Waals surface area (Å²) in [4.78, 5) is 0. The first-order valence-corrected chi connectivity index (χ1v) is 7.76. The van der Waals surface area contributed by atoms with Crippen LogP contribution in [-0.2, 0) is 0 Å². The number of rotatable bonds is 4. The maximum Gasteiger partial charge on any atom is 0.124 e. The molecule has 0 amide bonds. The Labute approximate surface area is 117 Å². The zero-order valence-corrected chi connectivity index (χ0v) is 12.4. The van der Waals surface area contributed by atoms with Crippen LogP contribution in [0.3, 0.4) is 0 Å². The molecule has 1 fully saturated rings. The summed E-state index contributed by atoms with van der Waals surface area (Å²) < 4.78 is 7.30. The number of ether oxygens (including phenoxy) is 1. The molecule has 1 aromatic carbocycles. The second kappa shape index (κ2) is 5.22. The lowest BCUT2D eigenvalue weighted by molar-refractivity contribution is 0.129. The second-order valence-electron chi connectivity index (χ2n) is 5.42. The van der Waals surface area contributed by atoms with Crippen molar-refractivity contribution in [2.45, 2.75) is 44.8 Å². The molecule has 1 heterocycles. The first-order valence-electron chi connectivity index (χ1n) is 6.97. The van der Waals surface area contributed by atoms with Gasteiger partial charge < -0.3 is 10.1 Å². The van der Waals surface area contributed by atoms with Crippen LogP contribution >= 0.6 is 15.9 Å². The van der Waals surface area contributed by atoms with E-state index in [1.807, 2.05) is 0 Å². The van der Waals surface area contributed by atoms with Gasteiger partial charge in [-0.3, -0.25) is 0 Å². The average molecular weight is 310 g/mol. The molecule has 0 aromatic heterocycles. The lowest BCUT2D eigenvalue weighted by atomic mass is 9.94. The minimum Gasteiger partial charge on any atom is -0.490 e. The third kappa shape index (κ3) is 2.57. The van der Waals surface area contributed by atoms with Gasteiger partial charge in [-0.25, -0.2) is 0 Å². The normalized spacial score (nSPS) is 26.6. The summed E-state index contributed by atoms with van der Waals surface area (Å²) in [6, 6.07) is 6.84. The average Bonchev–Trinajstić information content (AvgIpc) is 3.20. The van der Waals surface area contributed by atoms with Crippen LogP contribution < -0.4 is 10.1 Å². The standard InChI is InChI=1S/C15H20BrNO/c1-2-7-17-13-9-15(10-3-4-10)18-14-6-5-11(16)8-12(13)14/h5-6,8,10,13,15,17H,2-4,7,9H2,1H3. The Bertz CT molecular complexity index is 431. The Morgan fingerprint density at radius 2 is 2.22 bits per heavy atom. The number of halogens is 1. The molecule has 2 nitrogen and oxygen atoms in total. The van der Waals surface area contributed by atoms with Gasteiger partial charge >= 0.3 is 0 Å². The van der Waals surface area contributed by atoms with Crippen molar-refractivity contribution in [2.75, 3.05) is 6.54 Å². The highest BCUT2D eigenvalue weighted by Crippen LogP contribution is 2.44. The molecule has 0 radical (unpaired) electrons. The third-order valence-corrected chi connectivity index (χ3v) is 4.38. The summed E-state index contributed by atoms with van der Waals surface area (Å²) in [6.07, 6.45) is 5.41. The fourth-order valence-corrected chi connectivity index (χ4v) is 3.12. The largest absolute Gasteiger partial charge is 0.490 e. The topological polar surface area (TPSA) is 21.3 Å². The van der Waals surface area contributed by atoms with E-state index >= 15 is 0 Å². The SMILES string of the molecule is CCCNC1CC(C2CC2)Oc2ccc(Br)cc21. The van der Waals surface area contributed by atoms with Crippen LogP contribution in [0, 0.1) is 5.92 Å². The third-order valence-electron chi connectivity index (χ3n) is 3.88. The maximum absolute atomic E-state index is 6.16. The predicted molar refractivity (Wildman–Crippen MR) is 76.9 cm³/mol. The minimum atomic E-state index is 0.424. The van der Waals surface area contributed by atoms with Crippen LogP contribution in [0.4, 0.5) is 0 Å². The number of fused-ring (bicyclic) bond motifs is 1. The van der Waals surface area contributed by atoms with Gasteiger partial charge in [0.2, 0.25) is 0 Å². The zero-order chi connectivity index (χ0) is 12.5. The quantitative estimate of drug-likeness (QED) is 0.906. The monoisotopic (exact) mass is 309 g/mol. The molecular weight excluding hydrogens is 290 g/mol.